The molecule has 0 bridgehead atoms. The Hall–Kier alpha value is 0.610. The molecule has 3 N–H and O–H groups in total. The van der Waals surface area contributed by atoms with Gasteiger partial charge in [-0.15, -0.1) is 0 Å². The molecule has 3 aromatic rings. The summed E-state index contributed by atoms with van der Waals surface area (Å²) in [6.07, 6.45) is 6.62. The largest absolute Gasteiger partial charge is 1.00 e. The molecule has 612 valence electrons. The molecular formula is C64H114N9Na5O25S7. The molecule has 0 aromatic heterocycles. The molecule has 0 fully saturated rings. The van der Waals surface area contributed by atoms with Crippen molar-refractivity contribution in [2.45, 2.75) is 101 Å². The quantitative estimate of drug-likeness (QED) is 0.0205. The minimum Gasteiger partial charge on any atom is -0.748 e. The fourth-order valence-electron chi connectivity index (χ4n) is 9.39. The molecule has 0 radical (unpaired) electrons. The molecule has 1 unspecified atom stereocenters. The van der Waals surface area contributed by atoms with E-state index in [4.69, 9.17) is 10.2 Å². The van der Waals surface area contributed by atoms with E-state index in [0.29, 0.717) is 38.2 Å². The predicted octanol–water partition coefficient (Wildman–Crippen LogP) is -14.8. The minimum absolute atomic E-state index is 0. The van der Waals surface area contributed by atoms with Crippen molar-refractivity contribution in [3.05, 3.63) is 95.1 Å². The first kappa shape index (κ1) is 124. The Balaban J connectivity index is -0.000000240. The third kappa shape index (κ3) is 69.4. The van der Waals surface area contributed by atoms with Crippen LogP contribution in [-0.4, -0.2) is 356 Å². The van der Waals surface area contributed by atoms with E-state index in [1.54, 1.807) is 46.2 Å². The average molecular weight is 1750 g/mol. The van der Waals surface area contributed by atoms with Gasteiger partial charge in [0.25, 0.3) is 5.91 Å². The summed E-state index contributed by atoms with van der Waals surface area (Å²) in [6, 6.07) is 20.0. The molecule has 0 spiro atoms. The average Bonchev–Trinajstić information content (AvgIpc) is 0.818. The molecule has 0 aliphatic carbocycles. The minimum atomic E-state index is -4.93. The van der Waals surface area contributed by atoms with E-state index in [0.717, 1.165) is 79.0 Å². The molecule has 1 atom stereocenters. The van der Waals surface area contributed by atoms with Crippen LogP contribution in [0.15, 0.2) is 82.6 Å². The van der Waals surface area contributed by atoms with Crippen molar-refractivity contribution in [3.63, 3.8) is 0 Å². The molecule has 0 heterocycles. The number of carbonyl (C=O) groups excluding carboxylic acids is 2. The van der Waals surface area contributed by atoms with Gasteiger partial charge < -0.3 is 67.5 Å². The first-order valence-electron chi connectivity index (χ1n) is 33.6. The Morgan fingerprint density at radius 1 is 0.427 bits per heavy atom. The van der Waals surface area contributed by atoms with Gasteiger partial charge in [0.15, 0.2) is 0 Å². The number of sulfonamides is 2. The smallest absolute Gasteiger partial charge is 0.748 e. The molecule has 46 heteroatoms. The first-order chi connectivity index (χ1) is 48.3. The number of carbonyl (C=O) groups is 2. The standard InChI is InChI=1S/C16H26N2O4S.C15H26N2O5S2.C13H21NO3S.C10H24N2O9S2.C10H22N2O4S.5Na/c1-14-6-8-15(9-7-14)16(19)18(11-4-10-17(2)3)12-5-13-23(20,21)22;1-14-6-8-15(9-7-14)24(21,22)17(11-4-10-16(2)3)12-5-13-23(18,19)20;1-14(2)11-5-3-4-6-12-7-9-13(10-8-12)18(15,16)17;1-22(16,17)12(4-7-21-23(18,19)20)9-10(15)8-11(2-5-13)3-6-14;1-10(13)12(7-4-6-11(2)3)8-5-9-17(14,15)16;;;;;/h6-9H,4-5,10-13H2,1-3H3,(H,20,21,22);6-9H,4-5,10-13H2,1-3H3,(H,18,19,20);7-10H,3-6,11H2,1-2H3,(H,15,16,17);10,13-15H,2-9H2,1H3,(H,18,19,20);4-9H2,1-3H3,(H,14,15,16);;;;;/q;;;;;5*+1/p-5. The topological polar surface area (TPSA) is 488 Å². The number of hydrogen-bond acceptors (Lipinski definition) is 30. The number of hydrogen-bond donors (Lipinski definition) is 3. The summed E-state index contributed by atoms with van der Waals surface area (Å²) in [6.45, 7) is 9.28. The van der Waals surface area contributed by atoms with Gasteiger partial charge in [0.2, 0.25) is 36.4 Å². The van der Waals surface area contributed by atoms with Crippen LogP contribution in [0.3, 0.4) is 0 Å². The zero-order valence-corrected chi connectivity index (χ0v) is 83.3. The van der Waals surface area contributed by atoms with E-state index in [2.05, 4.69) is 23.2 Å². The van der Waals surface area contributed by atoms with E-state index >= 15 is 0 Å². The van der Waals surface area contributed by atoms with Crippen molar-refractivity contribution in [2.24, 2.45) is 0 Å². The first-order valence-corrected chi connectivity index (χ1v) is 44.4. The van der Waals surface area contributed by atoms with E-state index in [9.17, 15) is 96.4 Å². The van der Waals surface area contributed by atoms with Crippen LogP contribution in [0, 0.1) is 13.8 Å². The van der Waals surface area contributed by atoms with Gasteiger partial charge >= 0.3 is 148 Å². The summed E-state index contributed by atoms with van der Waals surface area (Å²) in [5.41, 5.74) is 3.67. The van der Waals surface area contributed by atoms with Crippen LogP contribution in [-0.2, 0) is 86.3 Å². The summed E-state index contributed by atoms with van der Waals surface area (Å²) in [5, 5.41) is 27.7. The second kappa shape index (κ2) is 65.4. The number of unbranched alkanes of at least 4 members (excludes halogenated alkanes) is 2. The van der Waals surface area contributed by atoms with Gasteiger partial charge in [0.1, 0.15) is 10.1 Å². The monoisotopic (exact) mass is 1750 g/mol. The van der Waals surface area contributed by atoms with Crippen molar-refractivity contribution in [3.8, 4) is 0 Å². The molecule has 110 heavy (non-hydrogen) atoms. The Morgan fingerprint density at radius 3 is 1.17 bits per heavy atom. The third-order valence-electron chi connectivity index (χ3n) is 14.8. The molecular weight excluding hydrogens is 1630 g/mol. The van der Waals surface area contributed by atoms with Gasteiger partial charge in [-0.05, 0) is 196 Å². The Morgan fingerprint density at radius 2 is 0.791 bits per heavy atom. The zero-order chi connectivity index (χ0) is 81.0. The summed E-state index contributed by atoms with van der Waals surface area (Å²) in [7, 11) is -13.8. The molecule has 0 aliphatic rings. The molecule has 0 aliphatic heterocycles. The maximum absolute atomic E-state index is 12.8. The van der Waals surface area contributed by atoms with E-state index < -0.39 is 107 Å². The third-order valence-corrected chi connectivity index (χ3v) is 21.6. The van der Waals surface area contributed by atoms with Crippen LogP contribution >= 0.6 is 0 Å². The molecule has 34 nitrogen and oxygen atoms in total. The number of rotatable bonds is 47. The van der Waals surface area contributed by atoms with Crippen LogP contribution in [0.25, 0.3) is 0 Å². The zero-order valence-electron chi connectivity index (χ0n) is 67.6. The van der Waals surface area contributed by atoms with Crippen LogP contribution in [0.5, 0.6) is 0 Å². The van der Waals surface area contributed by atoms with Gasteiger partial charge in [0.05, 0.1) is 72.3 Å². The summed E-state index contributed by atoms with van der Waals surface area (Å²) in [5.74, 6) is -1.65. The maximum atomic E-state index is 12.8. The van der Waals surface area contributed by atoms with Gasteiger partial charge in [-0.25, -0.2) is 58.9 Å². The van der Waals surface area contributed by atoms with Crippen molar-refractivity contribution in [1.82, 2.24) is 42.9 Å². The Labute approximate surface area is 768 Å². The Bertz CT molecular complexity index is 3760. The molecule has 2 amide bonds. The second-order valence-corrected chi connectivity index (χ2v) is 36.6. The summed E-state index contributed by atoms with van der Waals surface area (Å²) in [4.78, 5) is 36.7. The van der Waals surface area contributed by atoms with Gasteiger partial charge in [-0.2, -0.15) is 8.61 Å². The van der Waals surface area contributed by atoms with Crippen LogP contribution in [0.1, 0.15) is 91.8 Å². The van der Waals surface area contributed by atoms with Crippen LogP contribution in [0.2, 0.25) is 0 Å². The van der Waals surface area contributed by atoms with E-state index in [1.165, 1.54) is 46.8 Å². The normalized spacial score (nSPS) is 12.1. The number of aliphatic hydroxyl groups is 3. The van der Waals surface area contributed by atoms with Crippen molar-refractivity contribution >= 4 is 82.7 Å². The summed E-state index contributed by atoms with van der Waals surface area (Å²) < 4.78 is 214. The number of amides is 2. The molecule has 3 rings (SSSR count). The predicted molar refractivity (Wildman–Crippen MR) is 396 cm³/mol. The second-order valence-electron chi connectivity index (χ2n) is 25.7. The maximum Gasteiger partial charge on any atom is 1.00 e. The number of nitrogens with zero attached hydrogens (tertiary/aromatic N) is 9. The van der Waals surface area contributed by atoms with Crippen LogP contribution < -0.4 is 148 Å². The van der Waals surface area contributed by atoms with E-state index in [-0.39, 0.29) is 248 Å². The van der Waals surface area contributed by atoms with Crippen LogP contribution in [0.4, 0.5) is 0 Å². The van der Waals surface area contributed by atoms with E-state index in [1.807, 2.05) is 83.0 Å². The van der Waals surface area contributed by atoms with Gasteiger partial charge in [0, 0.05) is 102 Å². The fourth-order valence-corrected chi connectivity index (χ4v) is 14.0. The number of benzene rings is 3. The van der Waals surface area contributed by atoms with Gasteiger partial charge in [-0.3, -0.25) is 18.7 Å². The summed E-state index contributed by atoms with van der Waals surface area (Å²) >= 11 is 0. The number of aryl methyl sites for hydroxylation is 3. The molecule has 0 saturated carbocycles. The van der Waals surface area contributed by atoms with Crippen molar-refractivity contribution in [2.75, 3.05) is 198 Å². The van der Waals surface area contributed by atoms with Gasteiger partial charge in [-0.1, -0.05) is 53.9 Å². The molecule has 3 aromatic carbocycles. The molecule has 0 saturated heterocycles. The number of aliphatic hydroxyl groups excluding tert-OH is 3. The fraction of sp³-hybridized carbons (Fsp3) is 0.688. The SMILES string of the molecule is CC(=O)N(CCCN(C)C)CCCS(=O)(=O)[O-].CN(C)CCCCCc1ccc(S(=O)(=O)[O-])cc1.CS(=O)(=O)N(CCOS(=O)(=O)[O-])CC(O)CN(CCO)CCO.Cc1ccc(C(=O)N(CCCN(C)C)CCCS(=O)(=O)[O-])cc1.Cc1ccc(S(=O)(=O)N(CCCN(C)C)CCCS(=O)(=O)[O-])cc1.[Na+].[Na+].[Na+].[Na+].[Na+]. The van der Waals surface area contributed by atoms with Crippen molar-refractivity contribution in [1.29, 1.82) is 0 Å². The van der Waals surface area contributed by atoms with Crippen molar-refractivity contribution < 1.29 is 259 Å². The Kier molecular flexibility index (Phi) is 73.6.